The number of carbonyl (C=O) groups excluding carboxylic acids is 2. The van der Waals surface area contributed by atoms with Crippen LogP contribution in [0.1, 0.15) is 46.7 Å². The Balaban J connectivity index is 1.69. The van der Waals surface area contributed by atoms with E-state index in [1.165, 1.54) is 11.3 Å². The number of amides is 2. The van der Waals surface area contributed by atoms with Crippen LogP contribution in [0.2, 0.25) is 5.15 Å². The van der Waals surface area contributed by atoms with Gasteiger partial charge in [-0.25, -0.2) is 9.97 Å². The number of carbonyl (C=O) groups is 2. The number of hydrogen-bond donors (Lipinski definition) is 3. The molecule has 0 spiro atoms. The quantitative estimate of drug-likeness (QED) is 0.292. The monoisotopic (exact) mass is 511 g/mol. The van der Waals surface area contributed by atoms with E-state index in [2.05, 4.69) is 15.6 Å². The lowest BCUT2D eigenvalue weighted by Crippen LogP contribution is -2.39. The Bertz CT molecular complexity index is 1320. The van der Waals surface area contributed by atoms with Crippen molar-refractivity contribution in [2.75, 3.05) is 6.61 Å². The minimum atomic E-state index is -0.386. The van der Waals surface area contributed by atoms with Crippen LogP contribution in [0, 0.1) is 5.92 Å². The highest BCUT2D eigenvalue weighted by Gasteiger charge is 2.25. The molecule has 0 bridgehead atoms. The fourth-order valence-electron chi connectivity index (χ4n) is 3.85. The number of aromatic nitrogens is 3. The van der Waals surface area contributed by atoms with Crippen molar-refractivity contribution in [3.05, 3.63) is 75.5 Å². The third-order valence-electron chi connectivity index (χ3n) is 5.46. The molecule has 4 heterocycles. The van der Waals surface area contributed by atoms with Crippen LogP contribution < -0.4 is 10.6 Å². The van der Waals surface area contributed by atoms with Crippen LogP contribution >= 0.6 is 22.9 Å². The molecule has 0 aliphatic heterocycles. The first-order chi connectivity index (χ1) is 16.9. The number of imidazole rings is 1. The van der Waals surface area contributed by atoms with Gasteiger partial charge >= 0.3 is 0 Å². The molecule has 8 nitrogen and oxygen atoms in total. The first kappa shape index (κ1) is 24.8. The van der Waals surface area contributed by atoms with E-state index in [0.717, 1.165) is 11.1 Å². The number of rotatable bonds is 9. The summed E-state index contributed by atoms with van der Waals surface area (Å²) in [5, 5.41) is 19.8. The lowest BCUT2D eigenvalue weighted by atomic mass is 10.0. The predicted octanol–water partition coefficient (Wildman–Crippen LogP) is 4.18. The van der Waals surface area contributed by atoms with Crippen molar-refractivity contribution in [2.24, 2.45) is 5.92 Å². The molecule has 0 aliphatic carbocycles. The van der Waals surface area contributed by atoms with Gasteiger partial charge < -0.3 is 15.7 Å². The maximum absolute atomic E-state index is 13.4. The van der Waals surface area contributed by atoms with E-state index in [1.807, 2.05) is 30.7 Å². The molecule has 1 atom stereocenters. The lowest BCUT2D eigenvalue weighted by Gasteiger charge is -2.18. The van der Waals surface area contributed by atoms with Gasteiger partial charge in [0.15, 0.2) is 5.65 Å². The van der Waals surface area contributed by atoms with Crippen LogP contribution in [0.4, 0.5) is 0 Å². The summed E-state index contributed by atoms with van der Waals surface area (Å²) in [6, 6.07) is 8.33. The summed E-state index contributed by atoms with van der Waals surface area (Å²) >= 11 is 7.32. The number of halogens is 1. The van der Waals surface area contributed by atoms with Crippen molar-refractivity contribution in [2.45, 2.75) is 32.9 Å². The molecule has 0 radical (unpaired) electrons. The molecule has 4 rings (SSSR count). The second-order valence-corrected chi connectivity index (χ2v) is 9.76. The van der Waals surface area contributed by atoms with E-state index >= 15 is 0 Å². The fraction of sp³-hybridized carbons (Fsp3) is 0.280. The van der Waals surface area contributed by atoms with Gasteiger partial charge in [-0.1, -0.05) is 31.5 Å². The summed E-state index contributed by atoms with van der Waals surface area (Å²) < 4.78 is 1.63. The predicted molar refractivity (Wildman–Crippen MR) is 137 cm³/mol. The number of pyridine rings is 2. The van der Waals surface area contributed by atoms with E-state index in [1.54, 1.807) is 41.1 Å². The Hall–Kier alpha value is -3.27. The van der Waals surface area contributed by atoms with Crippen LogP contribution in [0.3, 0.4) is 0 Å². The van der Waals surface area contributed by atoms with E-state index in [-0.39, 0.29) is 31.0 Å². The molecule has 4 aromatic rings. The third kappa shape index (κ3) is 5.70. The number of hydrogen-bond acceptors (Lipinski definition) is 6. The molecule has 10 heteroatoms. The minimum Gasteiger partial charge on any atom is -0.394 e. The van der Waals surface area contributed by atoms with Crippen molar-refractivity contribution < 1.29 is 14.7 Å². The smallest absolute Gasteiger partial charge is 0.270 e. The minimum absolute atomic E-state index is 0.165. The largest absolute Gasteiger partial charge is 0.394 e. The Morgan fingerprint density at radius 2 is 2.03 bits per heavy atom. The molecule has 0 aromatic carbocycles. The molecule has 35 heavy (non-hydrogen) atoms. The highest BCUT2D eigenvalue weighted by atomic mass is 35.5. The second-order valence-electron chi connectivity index (χ2n) is 8.59. The van der Waals surface area contributed by atoms with Crippen LogP contribution in [0.5, 0.6) is 0 Å². The summed E-state index contributed by atoms with van der Waals surface area (Å²) in [5.41, 5.74) is 3.09. The Kier molecular flexibility index (Phi) is 7.80. The fourth-order valence-corrected chi connectivity index (χ4v) is 4.61. The lowest BCUT2D eigenvalue weighted by molar-refractivity contribution is 0.0901. The number of nitrogens with one attached hydrogen (secondary N) is 2. The number of thiophene rings is 1. The molecule has 2 amide bonds. The van der Waals surface area contributed by atoms with Gasteiger partial charge in [-0.2, -0.15) is 11.3 Å². The van der Waals surface area contributed by atoms with E-state index in [9.17, 15) is 14.7 Å². The standard InChI is InChI=1S/C25H26ClN5O3S/c1-15(2)10-18(13-32)29-25(34)22-21(17-7-9-35-14-17)30-23-19(4-3-8-31(22)23)24(33)28-12-16-5-6-20(26)27-11-16/h3-9,11,14-15,18,32H,10,12-13H2,1-2H3,(H,28,33)(H,29,34). The zero-order valence-corrected chi connectivity index (χ0v) is 20.9. The number of fused-ring (bicyclic) bond motifs is 1. The number of nitrogens with zero attached hydrogens (tertiary/aromatic N) is 3. The molecular weight excluding hydrogens is 486 g/mol. The highest BCUT2D eigenvalue weighted by Crippen LogP contribution is 2.28. The highest BCUT2D eigenvalue weighted by molar-refractivity contribution is 7.08. The Morgan fingerprint density at radius 1 is 1.20 bits per heavy atom. The molecule has 1 unspecified atom stereocenters. The Morgan fingerprint density at radius 3 is 2.69 bits per heavy atom. The van der Waals surface area contributed by atoms with Crippen LogP contribution in [-0.4, -0.2) is 43.9 Å². The summed E-state index contributed by atoms with van der Waals surface area (Å²) in [4.78, 5) is 35.2. The van der Waals surface area contributed by atoms with E-state index in [0.29, 0.717) is 40.1 Å². The zero-order valence-electron chi connectivity index (χ0n) is 19.4. The average molecular weight is 512 g/mol. The van der Waals surface area contributed by atoms with E-state index in [4.69, 9.17) is 16.6 Å². The summed E-state index contributed by atoms with van der Waals surface area (Å²) in [6.07, 6.45) is 3.95. The first-order valence-electron chi connectivity index (χ1n) is 11.2. The molecule has 0 aliphatic rings. The molecular formula is C25H26ClN5O3S. The van der Waals surface area contributed by atoms with E-state index < -0.39 is 0 Å². The van der Waals surface area contributed by atoms with Crippen molar-refractivity contribution in [3.8, 4) is 11.3 Å². The van der Waals surface area contributed by atoms with Gasteiger partial charge in [-0.3, -0.25) is 14.0 Å². The molecule has 0 saturated heterocycles. The van der Waals surface area contributed by atoms with Crippen LogP contribution in [0.25, 0.3) is 16.9 Å². The molecule has 4 aromatic heterocycles. The molecule has 0 fully saturated rings. The SMILES string of the molecule is CC(C)CC(CO)NC(=O)c1c(-c2ccsc2)nc2c(C(=O)NCc3ccc(Cl)nc3)cccn12. The molecule has 182 valence electrons. The molecule has 0 saturated carbocycles. The number of aliphatic hydroxyl groups is 1. The third-order valence-corrected chi connectivity index (χ3v) is 6.36. The first-order valence-corrected chi connectivity index (χ1v) is 12.5. The van der Waals surface area contributed by atoms with Gasteiger partial charge in [-0.05, 0) is 47.5 Å². The van der Waals surface area contributed by atoms with Gasteiger partial charge in [0, 0.05) is 29.9 Å². The van der Waals surface area contributed by atoms with Crippen molar-refractivity contribution in [1.29, 1.82) is 0 Å². The maximum Gasteiger partial charge on any atom is 0.270 e. The topological polar surface area (TPSA) is 109 Å². The van der Waals surface area contributed by atoms with Crippen LogP contribution in [-0.2, 0) is 6.54 Å². The van der Waals surface area contributed by atoms with Crippen molar-refractivity contribution in [1.82, 2.24) is 25.0 Å². The normalized spacial score (nSPS) is 12.1. The summed E-state index contributed by atoms with van der Waals surface area (Å²) in [7, 11) is 0. The number of aliphatic hydroxyl groups excluding tert-OH is 1. The maximum atomic E-state index is 13.4. The van der Waals surface area contributed by atoms with Gasteiger partial charge in [0.2, 0.25) is 0 Å². The summed E-state index contributed by atoms with van der Waals surface area (Å²) in [5.74, 6) is -0.382. The molecule has 3 N–H and O–H groups in total. The Labute approximate surface area is 212 Å². The van der Waals surface area contributed by atoms with Gasteiger partial charge in [-0.15, -0.1) is 0 Å². The van der Waals surface area contributed by atoms with Gasteiger partial charge in [0.05, 0.1) is 18.2 Å². The van der Waals surface area contributed by atoms with Crippen LogP contribution in [0.15, 0.2) is 53.5 Å². The van der Waals surface area contributed by atoms with Crippen molar-refractivity contribution in [3.63, 3.8) is 0 Å². The van der Waals surface area contributed by atoms with Gasteiger partial charge in [0.1, 0.15) is 16.5 Å². The summed E-state index contributed by atoms with van der Waals surface area (Å²) in [6.45, 7) is 4.17. The van der Waals surface area contributed by atoms with Gasteiger partial charge in [0.25, 0.3) is 11.8 Å². The average Bonchev–Trinajstić information content (AvgIpc) is 3.50. The van der Waals surface area contributed by atoms with Crippen molar-refractivity contribution >= 4 is 40.4 Å². The zero-order chi connectivity index (χ0) is 24.9. The second kappa shape index (κ2) is 11.0.